The smallest absolute Gasteiger partial charge is 0.305 e. The molecule has 7 heteroatoms. The zero-order valence-corrected chi connectivity index (χ0v) is 17.9. The highest BCUT2D eigenvalue weighted by atomic mass is 35.5. The highest BCUT2D eigenvalue weighted by Gasteiger charge is 2.15. The predicted molar refractivity (Wildman–Crippen MR) is 114 cm³/mol. The number of ether oxygens (including phenoxy) is 2. The molecule has 0 amide bonds. The highest BCUT2D eigenvalue weighted by molar-refractivity contribution is 6.33. The predicted octanol–water partition coefficient (Wildman–Crippen LogP) is 5.74. The Morgan fingerprint density at radius 1 is 1.23 bits per heavy atom. The SMILES string of the molecule is Cc1cc(OCc2nc(-c3ccccc3Cl)oc2C)ccc1C(C)OCCC(=O)O. The van der Waals surface area contributed by atoms with Crippen LogP contribution in [0.3, 0.4) is 0 Å². The van der Waals surface area contributed by atoms with E-state index in [-0.39, 0.29) is 25.7 Å². The van der Waals surface area contributed by atoms with Gasteiger partial charge < -0.3 is 19.0 Å². The number of carbonyl (C=O) groups is 1. The van der Waals surface area contributed by atoms with Gasteiger partial charge in [0.15, 0.2) is 0 Å². The Balaban J connectivity index is 1.64. The highest BCUT2D eigenvalue weighted by Crippen LogP contribution is 2.29. The van der Waals surface area contributed by atoms with Gasteiger partial charge in [0.2, 0.25) is 5.89 Å². The van der Waals surface area contributed by atoms with Crippen LogP contribution >= 0.6 is 11.6 Å². The summed E-state index contributed by atoms with van der Waals surface area (Å²) in [4.78, 5) is 15.2. The molecule has 0 radical (unpaired) electrons. The van der Waals surface area contributed by atoms with E-state index >= 15 is 0 Å². The molecule has 1 unspecified atom stereocenters. The van der Waals surface area contributed by atoms with E-state index in [2.05, 4.69) is 4.98 Å². The summed E-state index contributed by atoms with van der Waals surface area (Å²) in [6, 6.07) is 13.1. The molecule has 6 nitrogen and oxygen atoms in total. The van der Waals surface area contributed by atoms with Crippen LogP contribution in [0.15, 0.2) is 46.9 Å². The number of carboxylic acid groups (broad SMARTS) is 1. The van der Waals surface area contributed by atoms with Crippen molar-refractivity contribution in [1.82, 2.24) is 4.98 Å². The van der Waals surface area contributed by atoms with Gasteiger partial charge in [-0.05, 0) is 56.2 Å². The minimum absolute atomic E-state index is 0.0161. The van der Waals surface area contributed by atoms with E-state index in [0.29, 0.717) is 28.1 Å². The maximum Gasteiger partial charge on any atom is 0.305 e. The summed E-state index contributed by atoms with van der Waals surface area (Å²) in [5.74, 6) is 0.980. The number of aromatic nitrogens is 1. The maximum absolute atomic E-state index is 10.6. The molecule has 0 aliphatic rings. The van der Waals surface area contributed by atoms with Gasteiger partial charge in [-0.1, -0.05) is 29.8 Å². The van der Waals surface area contributed by atoms with E-state index in [9.17, 15) is 4.79 Å². The van der Waals surface area contributed by atoms with Crippen LogP contribution < -0.4 is 4.74 Å². The van der Waals surface area contributed by atoms with Gasteiger partial charge in [-0.2, -0.15) is 0 Å². The third kappa shape index (κ3) is 5.40. The van der Waals surface area contributed by atoms with Crippen molar-refractivity contribution in [3.05, 3.63) is 70.1 Å². The second-order valence-electron chi connectivity index (χ2n) is 6.97. The van der Waals surface area contributed by atoms with E-state index in [1.54, 1.807) is 6.07 Å². The van der Waals surface area contributed by atoms with Crippen LogP contribution in [0, 0.1) is 13.8 Å². The van der Waals surface area contributed by atoms with Gasteiger partial charge in [-0.15, -0.1) is 0 Å². The average Bonchev–Trinajstić information content (AvgIpc) is 3.06. The van der Waals surface area contributed by atoms with Crippen LogP contribution in [0.4, 0.5) is 0 Å². The Morgan fingerprint density at radius 3 is 2.70 bits per heavy atom. The second-order valence-corrected chi connectivity index (χ2v) is 7.37. The molecule has 0 spiro atoms. The van der Waals surface area contributed by atoms with Gasteiger partial charge in [0, 0.05) is 0 Å². The van der Waals surface area contributed by atoms with Gasteiger partial charge in [0.25, 0.3) is 0 Å². The third-order valence-electron chi connectivity index (χ3n) is 4.74. The summed E-state index contributed by atoms with van der Waals surface area (Å²) in [6.45, 7) is 6.16. The molecule has 1 aromatic heterocycles. The van der Waals surface area contributed by atoms with Crippen molar-refractivity contribution in [1.29, 1.82) is 0 Å². The number of benzene rings is 2. The van der Waals surface area contributed by atoms with Crippen molar-refractivity contribution in [2.75, 3.05) is 6.61 Å². The number of oxazole rings is 1. The summed E-state index contributed by atoms with van der Waals surface area (Å²) in [6.07, 6.45) is -0.216. The van der Waals surface area contributed by atoms with Crippen LogP contribution in [0.2, 0.25) is 5.02 Å². The lowest BCUT2D eigenvalue weighted by molar-refractivity contribution is -0.138. The third-order valence-corrected chi connectivity index (χ3v) is 5.07. The quantitative estimate of drug-likeness (QED) is 0.466. The first-order valence-corrected chi connectivity index (χ1v) is 10.0. The lowest BCUT2D eigenvalue weighted by Crippen LogP contribution is -2.07. The molecule has 0 fully saturated rings. The Hall–Kier alpha value is -2.83. The second kappa shape index (κ2) is 9.78. The lowest BCUT2D eigenvalue weighted by atomic mass is 10.0. The van der Waals surface area contributed by atoms with Crippen LogP contribution in [-0.4, -0.2) is 22.7 Å². The van der Waals surface area contributed by atoms with Crippen molar-refractivity contribution in [3.63, 3.8) is 0 Å². The molecule has 0 saturated carbocycles. The molecule has 0 bridgehead atoms. The molecule has 3 rings (SSSR count). The largest absolute Gasteiger partial charge is 0.487 e. The molecule has 3 aromatic rings. The molecule has 0 aliphatic carbocycles. The van der Waals surface area contributed by atoms with E-state index < -0.39 is 5.97 Å². The molecule has 0 saturated heterocycles. The normalized spacial score (nSPS) is 12.0. The average molecular weight is 430 g/mol. The Bertz CT molecular complexity index is 1030. The number of nitrogens with zero attached hydrogens (tertiary/aromatic N) is 1. The molecule has 158 valence electrons. The summed E-state index contributed by atoms with van der Waals surface area (Å²) in [5.41, 5.74) is 3.44. The van der Waals surface area contributed by atoms with Crippen LogP contribution in [-0.2, 0) is 16.1 Å². The van der Waals surface area contributed by atoms with E-state index in [1.165, 1.54) is 0 Å². The van der Waals surface area contributed by atoms with Crippen molar-refractivity contribution < 1.29 is 23.8 Å². The summed E-state index contributed by atoms with van der Waals surface area (Å²) >= 11 is 6.23. The fraction of sp³-hybridized carbons (Fsp3) is 0.304. The van der Waals surface area contributed by atoms with Crippen molar-refractivity contribution in [2.24, 2.45) is 0 Å². The Labute approximate surface area is 180 Å². The topological polar surface area (TPSA) is 81.8 Å². The monoisotopic (exact) mass is 429 g/mol. The Kier molecular flexibility index (Phi) is 7.13. The first-order valence-electron chi connectivity index (χ1n) is 9.63. The number of halogens is 1. The minimum Gasteiger partial charge on any atom is -0.487 e. The first kappa shape index (κ1) is 21.9. The van der Waals surface area contributed by atoms with Crippen molar-refractivity contribution in [2.45, 2.75) is 39.9 Å². The fourth-order valence-corrected chi connectivity index (χ4v) is 3.29. The van der Waals surface area contributed by atoms with Crippen molar-refractivity contribution in [3.8, 4) is 17.2 Å². The summed E-state index contributed by atoms with van der Waals surface area (Å²) < 4.78 is 17.3. The van der Waals surface area contributed by atoms with Gasteiger partial charge in [0.1, 0.15) is 23.8 Å². The van der Waals surface area contributed by atoms with Gasteiger partial charge >= 0.3 is 5.97 Å². The number of hydrogen-bond acceptors (Lipinski definition) is 5. The molecule has 1 atom stereocenters. The zero-order chi connectivity index (χ0) is 21.7. The van der Waals surface area contributed by atoms with Crippen LogP contribution in [0.5, 0.6) is 5.75 Å². The van der Waals surface area contributed by atoms with E-state index in [1.807, 2.05) is 57.2 Å². The summed E-state index contributed by atoms with van der Waals surface area (Å²) in [5, 5.41) is 9.31. The molecule has 0 aliphatic heterocycles. The van der Waals surface area contributed by atoms with Gasteiger partial charge in [-0.25, -0.2) is 4.98 Å². The van der Waals surface area contributed by atoms with Gasteiger partial charge in [-0.3, -0.25) is 4.79 Å². The lowest BCUT2D eigenvalue weighted by Gasteiger charge is -2.16. The molecule has 30 heavy (non-hydrogen) atoms. The zero-order valence-electron chi connectivity index (χ0n) is 17.1. The van der Waals surface area contributed by atoms with Crippen LogP contribution in [0.1, 0.15) is 42.0 Å². The molecule has 2 aromatic carbocycles. The van der Waals surface area contributed by atoms with Crippen LogP contribution in [0.25, 0.3) is 11.5 Å². The number of hydrogen-bond donors (Lipinski definition) is 1. The van der Waals surface area contributed by atoms with E-state index in [0.717, 1.165) is 16.7 Å². The molecule has 1 N–H and O–H groups in total. The van der Waals surface area contributed by atoms with Crippen molar-refractivity contribution >= 4 is 17.6 Å². The summed E-state index contributed by atoms with van der Waals surface area (Å²) in [7, 11) is 0. The number of aryl methyl sites for hydroxylation is 2. The molecular formula is C23H24ClNO5. The van der Waals surface area contributed by atoms with Gasteiger partial charge in [0.05, 0.1) is 29.7 Å². The standard InChI is InChI=1S/C23H24ClNO5/c1-14-12-17(8-9-18(14)15(2)28-11-10-22(26)27)29-13-21-16(3)30-23(25-21)19-6-4-5-7-20(19)24/h4-9,12,15H,10-11,13H2,1-3H3,(H,26,27). The number of carboxylic acids is 1. The fourth-order valence-electron chi connectivity index (χ4n) is 3.07. The number of aliphatic carboxylic acids is 1. The number of rotatable bonds is 9. The minimum atomic E-state index is -0.872. The molecule has 1 heterocycles. The Morgan fingerprint density at radius 2 is 2.00 bits per heavy atom. The molecular weight excluding hydrogens is 406 g/mol. The maximum atomic E-state index is 10.6. The first-order chi connectivity index (χ1) is 14.3. The van der Waals surface area contributed by atoms with E-state index in [4.69, 9.17) is 30.6 Å².